The first-order valence-electron chi connectivity index (χ1n) is 9.49. The number of hydrogen-bond donors (Lipinski definition) is 0. The number of ether oxygens (including phenoxy) is 1. The molecule has 150 valence electrons. The van der Waals surface area contributed by atoms with E-state index in [1.54, 1.807) is 35.2 Å². The number of carbonyl (C=O) groups is 1. The van der Waals surface area contributed by atoms with Crippen LogP contribution in [0, 0.1) is 6.92 Å². The number of rotatable bonds is 6. The number of carbonyl (C=O) groups excluding carboxylic acids is 1. The van der Waals surface area contributed by atoms with E-state index >= 15 is 0 Å². The molecule has 1 heterocycles. The molecule has 1 fully saturated rings. The van der Waals surface area contributed by atoms with Crippen LogP contribution < -0.4 is 4.74 Å². The monoisotopic (exact) mass is 402 g/mol. The van der Waals surface area contributed by atoms with Crippen LogP contribution in [0.1, 0.15) is 18.9 Å². The molecule has 0 N–H and O–H groups in total. The SMILES string of the molecule is CCC(Oc1cccc(C)c1)C(=O)N1CCN(S(=O)(=O)c2ccccc2)CC1. The Morgan fingerprint density at radius 3 is 2.32 bits per heavy atom. The zero-order valence-electron chi connectivity index (χ0n) is 16.2. The highest BCUT2D eigenvalue weighted by atomic mass is 32.2. The lowest BCUT2D eigenvalue weighted by molar-refractivity contribution is -0.140. The molecule has 3 rings (SSSR count). The molecule has 2 aromatic carbocycles. The average molecular weight is 403 g/mol. The van der Waals surface area contributed by atoms with Crippen molar-refractivity contribution >= 4 is 15.9 Å². The minimum Gasteiger partial charge on any atom is -0.481 e. The maximum atomic E-state index is 12.9. The lowest BCUT2D eigenvalue weighted by Gasteiger charge is -2.35. The highest BCUT2D eigenvalue weighted by molar-refractivity contribution is 7.89. The number of piperazine rings is 1. The Hall–Kier alpha value is -2.38. The maximum Gasteiger partial charge on any atom is 0.263 e. The molecule has 1 aliphatic rings. The lowest BCUT2D eigenvalue weighted by atomic mass is 10.2. The Kier molecular flexibility index (Phi) is 6.36. The van der Waals surface area contributed by atoms with Crippen LogP contribution in [0.2, 0.25) is 0 Å². The van der Waals surface area contributed by atoms with Gasteiger partial charge in [0.15, 0.2) is 6.10 Å². The van der Waals surface area contributed by atoms with Crippen LogP contribution in [-0.2, 0) is 14.8 Å². The van der Waals surface area contributed by atoms with Crippen molar-refractivity contribution in [2.24, 2.45) is 0 Å². The fourth-order valence-electron chi connectivity index (χ4n) is 3.26. The van der Waals surface area contributed by atoms with Crippen molar-refractivity contribution < 1.29 is 17.9 Å². The van der Waals surface area contributed by atoms with Crippen molar-refractivity contribution in [3.63, 3.8) is 0 Å². The second-order valence-electron chi connectivity index (χ2n) is 6.87. The summed E-state index contributed by atoms with van der Waals surface area (Å²) in [6.07, 6.45) is -0.0194. The van der Waals surface area contributed by atoms with E-state index in [0.29, 0.717) is 25.3 Å². The summed E-state index contributed by atoms with van der Waals surface area (Å²) in [5, 5.41) is 0. The van der Waals surface area contributed by atoms with Crippen molar-refractivity contribution in [3.05, 3.63) is 60.2 Å². The third-order valence-electron chi connectivity index (χ3n) is 4.85. The molecule has 1 saturated heterocycles. The highest BCUT2D eigenvalue weighted by Crippen LogP contribution is 2.20. The third-order valence-corrected chi connectivity index (χ3v) is 6.76. The van der Waals surface area contributed by atoms with Gasteiger partial charge in [-0.25, -0.2) is 8.42 Å². The number of nitrogens with zero attached hydrogens (tertiary/aromatic N) is 2. The van der Waals surface area contributed by atoms with E-state index in [1.807, 2.05) is 38.1 Å². The number of sulfonamides is 1. The molecule has 0 aromatic heterocycles. The van der Waals surface area contributed by atoms with E-state index in [2.05, 4.69) is 0 Å². The number of amides is 1. The predicted molar refractivity (Wildman–Crippen MR) is 108 cm³/mol. The second kappa shape index (κ2) is 8.75. The molecule has 1 atom stereocenters. The molecule has 1 amide bonds. The number of benzene rings is 2. The fraction of sp³-hybridized carbons (Fsp3) is 0.381. The Bertz CT molecular complexity index is 907. The summed E-state index contributed by atoms with van der Waals surface area (Å²) in [6.45, 7) is 5.17. The third kappa shape index (κ3) is 4.54. The van der Waals surface area contributed by atoms with Gasteiger partial charge in [-0.05, 0) is 43.2 Å². The van der Waals surface area contributed by atoms with Gasteiger partial charge in [0, 0.05) is 26.2 Å². The topological polar surface area (TPSA) is 66.9 Å². The summed E-state index contributed by atoms with van der Waals surface area (Å²) in [6, 6.07) is 16.0. The van der Waals surface area contributed by atoms with Gasteiger partial charge in [-0.3, -0.25) is 4.79 Å². The van der Waals surface area contributed by atoms with E-state index in [9.17, 15) is 13.2 Å². The molecule has 0 spiro atoms. The quantitative estimate of drug-likeness (QED) is 0.745. The van der Waals surface area contributed by atoms with E-state index in [1.165, 1.54) is 4.31 Å². The second-order valence-corrected chi connectivity index (χ2v) is 8.81. The van der Waals surface area contributed by atoms with Crippen LogP contribution in [0.5, 0.6) is 5.75 Å². The molecule has 2 aromatic rings. The van der Waals surface area contributed by atoms with E-state index in [-0.39, 0.29) is 23.9 Å². The normalized spacial score (nSPS) is 16.6. The zero-order valence-corrected chi connectivity index (χ0v) is 17.1. The molecule has 1 unspecified atom stereocenters. The van der Waals surface area contributed by atoms with Gasteiger partial charge in [-0.2, -0.15) is 4.31 Å². The molecule has 28 heavy (non-hydrogen) atoms. The molecule has 6 nitrogen and oxygen atoms in total. The van der Waals surface area contributed by atoms with Gasteiger partial charge in [-0.1, -0.05) is 37.3 Å². The Labute approximate surface area is 166 Å². The summed E-state index contributed by atoms with van der Waals surface area (Å²) in [7, 11) is -3.53. The first-order chi connectivity index (χ1) is 13.4. The molecule has 0 radical (unpaired) electrons. The van der Waals surface area contributed by atoms with Crippen LogP contribution in [0.3, 0.4) is 0 Å². The molecule has 1 aliphatic heterocycles. The van der Waals surface area contributed by atoms with E-state index in [0.717, 1.165) is 5.56 Å². The van der Waals surface area contributed by atoms with Crippen molar-refractivity contribution in [1.82, 2.24) is 9.21 Å². The minimum atomic E-state index is -3.53. The Morgan fingerprint density at radius 1 is 1.04 bits per heavy atom. The van der Waals surface area contributed by atoms with Crippen LogP contribution in [0.15, 0.2) is 59.5 Å². The molecular weight excluding hydrogens is 376 g/mol. The maximum absolute atomic E-state index is 12.9. The van der Waals surface area contributed by atoms with Crippen molar-refractivity contribution in [1.29, 1.82) is 0 Å². The summed E-state index contributed by atoms with van der Waals surface area (Å²) in [5.74, 6) is 0.575. The zero-order chi connectivity index (χ0) is 20.1. The first-order valence-corrected chi connectivity index (χ1v) is 10.9. The lowest BCUT2D eigenvalue weighted by Crippen LogP contribution is -2.53. The largest absolute Gasteiger partial charge is 0.481 e. The van der Waals surface area contributed by atoms with E-state index in [4.69, 9.17) is 4.74 Å². The van der Waals surface area contributed by atoms with Gasteiger partial charge in [0.2, 0.25) is 10.0 Å². The van der Waals surface area contributed by atoms with Gasteiger partial charge < -0.3 is 9.64 Å². The van der Waals surface area contributed by atoms with Crippen molar-refractivity contribution in [2.45, 2.75) is 31.3 Å². The highest BCUT2D eigenvalue weighted by Gasteiger charge is 2.32. The summed E-state index contributed by atoms with van der Waals surface area (Å²) in [4.78, 5) is 14.9. The van der Waals surface area contributed by atoms with Gasteiger partial charge in [0.1, 0.15) is 5.75 Å². The van der Waals surface area contributed by atoms with Gasteiger partial charge >= 0.3 is 0 Å². The van der Waals surface area contributed by atoms with Crippen molar-refractivity contribution in [3.8, 4) is 5.75 Å². The van der Waals surface area contributed by atoms with Gasteiger partial charge in [0.25, 0.3) is 5.91 Å². The van der Waals surface area contributed by atoms with Gasteiger partial charge in [0.05, 0.1) is 4.90 Å². The summed E-state index contributed by atoms with van der Waals surface area (Å²) >= 11 is 0. The van der Waals surface area contributed by atoms with Crippen LogP contribution >= 0.6 is 0 Å². The predicted octanol–water partition coefficient (Wildman–Crippen LogP) is 2.69. The van der Waals surface area contributed by atoms with E-state index < -0.39 is 16.1 Å². The molecule has 0 bridgehead atoms. The molecule has 0 saturated carbocycles. The van der Waals surface area contributed by atoms with Crippen LogP contribution in [0.4, 0.5) is 0 Å². The fourth-order valence-corrected chi connectivity index (χ4v) is 4.70. The molecule has 0 aliphatic carbocycles. The summed E-state index contributed by atoms with van der Waals surface area (Å²) < 4.78 is 32.8. The Balaban J connectivity index is 1.62. The van der Waals surface area contributed by atoms with Gasteiger partial charge in [-0.15, -0.1) is 0 Å². The first kappa shape index (κ1) is 20.4. The van der Waals surface area contributed by atoms with Crippen LogP contribution in [0.25, 0.3) is 0 Å². The number of hydrogen-bond acceptors (Lipinski definition) is 4. The minimum absolute atomic E-state index is 0.0965. The standard InChI is InChI=1S/C21H26N2O4S/c1-3-20(27-18-9-7-8-17(2)16-18)21(24)22-12-14-23(15-13-22)28(25,26)19-10-5-4-6-11-19/h4-11,16,20H,3,12-15H2,1-2H3. The summed E-state index contributed by atoms with van der Waals surface area (Å²) in [5.41, 5.74) is 1.07. The smallest absolute Gasteiger partial charge is 0.263 e. The van der Waals surface area contributed by atoms with Crippen LogP contribution in [-0.4, -0.2) is 55.8 Å². The Morgan fingerprint density at radius 2 is 1.71 bits per heavy atom. The van der Waals surface area contributed by atoms with Crippen molar-refractivity contribution in [2.75, 3.05) is 26.2 Å². The number of aryl methyl sites for hydroxylation is 1. The average Bonchev–Trinajstić information content (AvgIpc) is 2.72. The molecule has 7 heteroatoms. The molecular formula is C21H26N2O4S.